The van der Waals surface area contributed by atoms with Gasteiger partial charge in [-0.05, 0) is 18.2 Å². The highest BCUT2D eigenvalue weighted by Gasteiger charge is 2.37. The number of rotatable bonds is 3. The second-order valence-electron chi connectivity index (χ2n) is 5.91. The predicted molar refractivity (Wildman–Crippen MR) is 85.6 cm³/mol. The Kier molecular flexibility index (Phi) is 4.76. The zero-order chi connectivity index (χ0) is 18.1. The third kappa shape index (κ3) is 3.37. The minimum absolute atomic E-state index is 0.138. The molecule has 0 radical (unpaired) electrons. The van der Waals surface area contributed by atoms with Crippen molar-refractivity contribution in [2.75, 3.05) is 36.6 Å². The normalized spacial score (nSPS) is 26.6. The van der Waals surface area contributed by atoms with Crippen LogP contribution in [0.5, 0.6) is 0 Å². The Hall–Kier alpha value is -2.42. The second kappa shape index (κ2) is 6.83. The molecule has 1 aromatic carbocycles. The molecule has 2 aliphatic rings. The zero-order valence-corrected chi connectivity index (χ0v) is 13.9. The summed E-state index contributed by atoms with van der Waals surface area (Å²) < 4.78 is 38.1. The van der Waals surface area contributed by atoms with Crippen LogP contribution < -0.4 is 9.80 Å². The van der Waals surface area contributed by atoms with E-state index < -0.39 is 24.9 Å². The Morgan fingerprint density at radius 3 is 2.52 bits per heavy atom. The number of hydrogen-bond donors (Lipinski definition) is 0. The molecule has 0 aliphatic carbocycles. The smallest absolute Gasteiger partial charge is 0.416 e. The van der Waals surface area contributed by atoms with Gasteiger partial charge in [0.15, 0.2) is 18.8 Å². The van der Waals surface area contributed by atoms with Gasteiger partial charge in [-0.3, -0.25) is 9.69 Å². The van der Waals surface area contributed by atoms with Crippen LogP contribution >= 0.6 is 0 Å². The molecule has 0 bridgehead atoms. The second-order valence-corrected chi connectivity index (χ2v) is 5.91. The minimum atomic E-state index is -1.61. The number of anilines is 2. The summed E-state index contributed by atoms with van der Waals surface area (Å²) in [5.74, 6) is -0.234. The number of cyclic esters (lactones) is 1. The summed E-state index contributed by atoms with van der Waals surface area (Å²) in [5, 5.41) is 0. The van der Waals surface area contributed by atoms with E-state index in [1.54, 1.807) is 18.2 Å². The predicted octanol–water partition coefficient (Wildman–Crippen LogP) is 1.88. The quantitative estimate of drug-likeness (QED) is 0.775. The van der Waals surface area contributed by atoms with Gasteiger partial charge in [0.25, 0.3) is 0 Å². The molecule has 136 valence electrons. The van der Waals surface area contributed by atoms with Crippen LogP contribution in [0, 0.1) is 0 Å². The number of likely N-dealkylation sites (N-methyl/N-ethyl adjacent to an activating group) is 1. The van der Waals surface area contributed by atoms with Crippen LogP contribution in [0.15, 0.2) is 24.3 Å². The first-order valence-electron chi connectivity index (χ1n) is 7.84. The van der Waals surface area contributed by atoms with Crippen molar-refractivity contribution in [2.45, 2.75) is 25.7 Å². The van der Waals surface area contributed by atoms with Gasteiger partial charge in [0.1, 0.15) is 0 Å². The van der Waals surface area contributed by atoms with E-state index in [0.29, 0.717) is 11.4 Å². The van der Waals surface area contributed by atoms with Crippen LogP contribution in [0.25, 0.3) is 0 Å². The number of morpholine rings is 1. The van der Waals surface area contributed by atoms with Crippen molar-refractivity contribution in [2.24, 2.45) is 0 Å². The average molecular weight is 355 g/mol. The molecule has 2 unspecified atom stereocenters. The number of ether oxygens (including phenoxy) is 2. The summed E-state index contributed by atoms with van der Waals surface area (Å²) in [7, 11) is 1.54. The van der Waals surface area contributed by atoms with Crippen LogP contribution in [-0.4, -0.2) is 62.5 Å². The molecule has 2 fully saturated rings. The van der Waals surface area contributed by atoms with Gasteiger partial charge < -0.3 is 19.3 Å². The molecule has 0 spiro atoms. The van der Waals surface area contributed by atoms with Crippen LogP contribution in [0.2, 0.25) is 0 Å². The molecule has 2 aliphatic heterocycles. The number of halogens is 2. The lowest BCUT2D eigenvalue weighted by molar-refractivity contribution is -0.134. The Balaban J connectivity index is 1.82. The molecule has 9 heteroatoms. The number of nitrogens with zero attached hydrogens (tertiary/aromatic N) is 3. The maximum atomic E-state index is 14.0. The van der Waals surface area contributed by atoms with E-state index in [1.807, 2.05) is 0 Å². The van der Waals surface area contributed by atoms with Gasteiger partial charge in [0, 0.05) is 25.3 Å². The van der Waals surface area contributed by atoms with Crippen molar-refractivity contribution < 1.29 is 27.8 Å². The molecule has 0 aromatic heterocycles. The topological polar surface area (TPSA) is 62.3 Å². The summed E-state index contributed by atoms with van der Waals surface area (Å²) in [5.41, 5.74) is 0.741. The van der Waals surface area contributed by atoms with Gasteiger partial charge in [-0.15, -0.1) is 0 Å². The fourth-order valence-corrected chi connectivity index (χ4v) is 2.81. The van der Waals surface area contributed by atoms with Crippen molar-refractivity contribution in [3.05, 3.63) is 24.3 Å². The summed E-state index contributed by atoms with van der Waals surface area (Å²) in [6, 6.07) is 6.33. The maximum Gasteiger partial charge on any atom is 0.416 e. The molecule has 7 nitrogen and oxygen atoms in total. The molecular formula is C16H19F2N3O4. The molecular weight excluding hydrogens is 336 g/mol. The van der Waals surface area contributed by atoms with Gasteiger partial charge in [-0.25, -0.2) is 13.6 Å². The first-order chi connectivity index (χ1) is 11.9. The number of benzene rings is 1. The van der Waals surface area contributed by atoms with Crippen molar-refractivity contribution in [3.8, 4) is 0 Å². The van der Waals surface area contributed by atoms with E-state index in [9.17, 15) is 18.4 Å². The highest BCUT2D eigenvalue weighted by atomic mass is 19.2. The average Bonchev–Trinajstić information content (AvgIpc) is 2.96. The van der Waals surface area contributed by atoms with E-state index in [1.165, 1.54) is 29.8 Å². The first-order valence-corrected chi connectivity index (χ1v) is 7.84. The molecule has 1 aromatic rings. The maximum absolute atomic E-state index is 14.0. The summed E-state index contributed by atoms with van der Waals surface area (Å²) in [4.78, 5) is 27.2. The highest BCUT2D eigenvalue weighted by Crippen LogP contribution is 2.30. The molecule has 3 atom stereocenters. The number of hydrogen-bond acceptors (Lipinski definition) is 5. The van der Waals surface area contributed by atoms with E-state index in [0.717, 1.165) is 4.90 Å². The molecule has 2 heterocycles. The Labute approximate surface area is 143 Å². The molecule has 3 rings (SSSR count). The number of alkyl halides is 2. The molecule has 25 heavy (non-hydrogen) atoms. The van der Waals surface area contributed by atoms with Gasteiger partial charge in [0.05, 0.1) is 19.8 Å². The fraction of sp³-hybridized carbons (Fsp3) is 0.500. The lowest BCUT2D eigenvalue weighted by Gasteiger charge is -2.35. The molecule has 2 amide bonds. The SMILES string of the molecule is CC(=O)N(C)C1CN(c2cccc(N3C(F)COC[C@@H]3F)c2)C(=O)O1. The van der Waals surface area contributed by atoms with E-state index in [4.69, 9.17) is 9.47 Å². The largest absolute Gasteiger partial charge is 0.423 e. The van der Waals surface area contributed by atoms with Crippen molar-refractivity contribution in [1.29, 1.82) is 0 Å². The number of amides is 2. The molecule has 2 saturated heterocycles. The third-order valence-electron chi connectivity index (χ3n) is 4.28. The lowest BCUT2D eigenvalue weighted by atomic mass is 10.2. The minimum Gasteiger partial charge on any atom is -0.423 e. The van der Waals surface area contributed by atoms with Gasteiger partial charge in [-0.2, -0.15) is 0 Å². The Morgan fingerprint density at radius 1 is 1.24 bits per heavy atom. The lowest BCUT2D eigenvalue weighted by Crippen LogP contribution is -2.48. The van der Waals surface area contributed by atoms with Gasteiger partial charge >= 0.3 is 6.09 Å². The van der Waals surface area contributed by atoms with Crippen LogP contribution in [0.3, 0.4) is 0 Å². The summed E-state index contributed by atoms with van der Waals surface area (Å²) in [6.45, 7) is 1.07. The van der Waals surface area contributed by atoms with Gasteiger partial charge in [0.2, 0.25) is 5.91 Å². The summed E-state index contributed by atoms with van der Waals surface area (Å²) in [6.07, 6.45) is -4.55. The molecule has 0 N–H and O–H groups in total. The monoisotopic (exact) mass is 355 g/mol. The Bertz CT molecular complexity index is 665. The van der Waals surface area contributed by atoms with E-state index >= 15 is 0 Å². The summed E-state index contributed by atoms with van der Waals surface area (Å²) >= 11 is 0. The van der Waals surface area contributed by atoms with Crippen LogP contribution in [0.1, 0.15) is 6.92 Å². The van der Waals surface area contributed by atoms with E-state index in [-0.39, 0.29) is 25.7 Å². The standard InChI is InChI=1S/C16H19F2N3O4/c1-10(22)19(2)15-7-20(16(23)25-15)11-4-3-5-12(6-11)21-13(17)8-24-9-14(21)18/h3-6,13-15H,7-9H2,1-2H3/t13-,14?,15?/m1/s1. The van der Waals surface area contributed by atoms with Crippen LogP contribution in [0.4, 0.5) is 25.0 Å². The first kappa shape index (κ1) is 17.4. The molecule has 0 saturated carbocycles. The Morgan fingerprint density at radius 2 is 1.88 bits per heavy atom. The van der Waals surface area contributed by atoms with Crippen LogP contribution in [-0.2, 0) is 14.3 Å². The van der Waals surface area contributed by atoms with E-state index in [2.05, 4.69) is 0 Å². The van der Waals surface area contributed by atoms with Crippen molar-refractivity contribution >= 4 is 23.4 Å². The van der Waals surface area contributed by atoms with Crippen molar-refractivity contribution in [3.63, 3.8) is 0 Å². The third-order valence-corrected chi connectivity index (χ3v) is 4.28. The number of carbonyl (C=O) groups excluding carboxylic acids is 2. The van der Waals surface area contributed by atoms with Gasteiger partial charge in [-0.1, -0.05) is 6.07 Å². The van der Waals surface area contributed by atoms with Crippen molar-refractivity contribution in [1.82, 2.24) is 4.90 Å². The highest BCUT2D eigenvalue weighted by molar-refractivity contribution is 5.91. The fourth-order valence-electron chi connectivity index (χ4n) is 2.81. The zero-order valence-electron chi connectivity index (χ0n) is 13.9. The number of carbonyl (C=O) groups is 2.